The molecule has 1 amide bonds. The van der Waals surface area contributed by atoms with Gasteiger partial charge in [0.15, 0.2) is 5.12 Å². The molecule has 124 valence electrons. The molecule has 1 saturated heterocycles. The van der Waals surface area contributed by atoms with E-state index in [-0.39, 0.29) is 16.4 Å². The number of rotatable bonds is 5. The van der Waals surface area contributed by atoms with Gasteiger partial charge in [0, 0.05) is 42.6 Å². The highest BCUT2D eigenvalue weighted by Gasteiger charge is 2.43. The highest BCUT2D eigenvalue weighted by atomic mass is 35.5. The summed E-state index contributed by atoms with van der Waals surface area (Å²) in [5.74, 6) is 1.30. The molecule has 1 aliphatic carbocycles. The second-order valence-corrected chi connectivity index (χ2v) is 8.42. The molecular formula is C18H22ClNO2S. The molecule has 1 atom stereocenters. The van der Waals surface area contributed by atoms with Crippen LogP contribution in [0.3, 0.4) is 0 Å². The van der Waals surface area contributed by atoms with Crippen molar-refractivity contribution in [1.82, 2.24) is 4.90 Å². The normalized spacial score (nSPS) is 23.0. The standard InChI is InChI=1S/C18H22ClNO2S/c1-13(21)23-11-14-9-17(22)20(10-14)12-18(7-2-8-18)15-3-5-16(19)6-4-15/h3-6,14H,2,7-12H2,1H3. The van der Waals surface area contributed by atoms with Crippen molar-refractivity contribution in [3.63, 3.8) is 0 Å². The molecule has 0 N–H and O–H groups in total. The Balaban J connectivity index is 1.66. The minimum absolute atomic E-state index is 0.100. The van der Waals surface area contributed by atoms with E-state index in [0.717, 1.165) is 36.7 Å². The first-order valence-corrected chi connectivity index (χ1v) is 9.52. The van der Waals surface area contributed by atoms with Gasteiger partial charge in [-0.3, -0.25) is 9.59 Å². The molecule has 0 aromatic heterocycles. The van der Waals surface area contributed by atoms with Gasteiger partial charge >= 0.3 is 0 Å². The number of hydrogen-bond donors (Lipinski definition) is 0. The number of benzene rings is 1. The van der Waals surface area contributed by atoms with Crippen LogP contribution in [0.1, 0.15) is 38.2 Å². The predicted octanol–water partition coefficient (Wildman–Crippen LogP) is 3.89. The maximum Gasteiger partial charge on any atom is 0.222 e. The summed E-state index contributed by atoms with van der Waals surface area (Å²) in [5.41, 5.74) is 1.39. The van der Waals surface area contributed by atoms with E-state index in [1.807, 2.05) is 17.0 Å². The summed E-state index contributed by atoms with van der Waals surface area (Å²) in [6, 6.07) is 8.08. The first-order chi connectivity index (χ1) is 11.0. The van der Waals surface area contributed by atoms with Crippen molar-refractivity contribution >= 4 is 34.4 Å². The molecule has 1 saturated carbocycles. The lowest BCUT2D eigenvalue weighted by molar-refractivity contribution is -0.129. The summed E-state index contributed by atoms with van der Waals surface area (Å²) < 4.78 is 0. The van der Waals surface area contributed by atoms with Gasteiger partial charge in [-0.2, -0.15) is 0 Å². The summed E-state index contributed by atoms with van der Waals surface area (Å²) in [6.45, 7) is 3.17. The molecule has 5 heteroatoms. The Morgan fingerprint density at radius 1 is 1.35 bits per heavy atom. The van der Waals surface area contributed by atoms with Crippen LogP contribution < -0.4 is 0 Å². The molecule has 3 rings (SSSR count). The Morgan fingerprint density at radius 2 is 2.04 bits per heavy atom. The van der Waals surface area contributed by atoms with Crippen molar-refractivity contribution in [3.8, 4) is 0 Å². The average Bonchev–Trinajstić information content (AvgIpc) is 2.82. The quantitative estimate of drug-likeness (QED) is 0.807. The molecular weight excluding hydrogens is 330 g/mol. The van der Waals surface area contributed by atoms with Gasteiger partial charge in [0.2, 0.25) is 5.91 Å². The second kappa shape index (κ2) is 6.86. The predicted molar refractivity (Wildman–Crippen MR) is 94.8 cm³/mol. The van der Waals surface area contributed by atoms with Crippen LogP contribution in [0.25, 0.3) is 0 Å². The number of amides is 1. The zero-order valence-electron chi connectivity index (χ0n) is 13.4. The number of hydrogen-bond acceptors (Lipinski definition) is 3. The number of carbonyl (C=O) groups excluding carboxylic acids is 2. The minimum Gasteiger partial charge on any atom is -0.341 e. The number of likely N-dealkylation sites (tertiary alicyclic amines) is 1. The van der Waals surface area contributed by atoms with Crippen LogP contribution in [-0.2, 0) is 15.0 Å². The van der Waals surface area contributed by atoms with Gasteiger partial charge in [-0.25, -0.2) is 0 Å². The van der Waals surface area contributed by atoms with Gasteiger partial charge in [0.25, 0.3) is 0 Å². The van der Waals surface area contributed by atoms with Crippen LogP contribution in [0.2, 0.25) is 5.02 Å². The Morgan fingerprint density at radius 3 is 2.61 bits per heavy atom. The van der Waals surface area contributed by atoms with Crippen molar-refractivity contribution in [2.24, 2.45) is 5.92 Å². The Kier molecular flexibility index (Phi) is 5.02. The van der Waals surface area contributed by atoms with Crippen molar-refractivity contribution in [2.75, 3.05) is 18.8 Å². The number of thioether (sulfide) groups is 1. The van der Waals surface area contributed by atoms with E-state index in [2.05, 4.69) is 12.1 Å². The maximum absolute atomic E-state index is 12.3. The smallest absolute Gasteiger partial charge is 0.222 e. The van der Waals surface area contributed by atoms with E-state index in [0.29, 0.717) is 12.3 Å². The summed E-state index contributed by atoms with van der Waals surface area (Å²) >= 11 is 7.34. The maximum atomic E-state index is 12.3. The lowest BCUT2D eigenvalue weighted by atomic mass is 9.64. The first-order valence-electron chi connectivity index (χ1n) is 8.16. The molecule has 23 heavy (non-hydrogen) atoms. The Hall–Kier alpha value is -1.00. The molecule has 2 aliphatic rings. The molecule has 1 aromatic rings. The van der Waals surface area contributed by atoms with Crippen molar-refractivity contribution in [1.29, 1.82) is 0 Å². The Labute approximate surface area is 146 Å². The topological polar surface area (TPSA) is 37.4 Å². The SMILES string of the molecule is CC(=O)SCC1CC(=O)N(CC2(c3ccc(Cl)cc3)CCC2)C1. The molecule has 1 heterocycles. The minimum atomic E-state index is 0.100. The van der Waals surface area contributed by atoms with Crippen molar-refractivity contribution in [3.05, 3.63) is 34.9 Å². The molecule has 1 aliphatic heterocycles. The van der Waals surface area contributed by atoms with Gasteiger partial charge in [-0.05, 0) is 36.5 Å². The van der Waals surface area contributed by atoms with E-state index in [1.54, 1.807) is 6.92 Å². The molecule has 3 nitrogen and oxygen atoms in total. The fraction of sp³-hybridized carbons (Fsp3) is 0.556. The molecule has 1 unspecified atom stereocenters. The zero-order valence-corrected chi connectivity index (χ0v) is 15.0. The largest absolute Gasteiger partial charge is 0.341 e. The van der Waals surface area contributed by atoms with Gasteiger partial charge in [-0.1, -0.05) is 41.9 Å². The van der Waals surface area contributed by atoms with Crippen LogP contribution in [0.5, 0.6) is 0 Å². The molecule has 0 spiro atoms. The highest BCUT2D eigenvalue weighted by Crippen LogP contribution is 2.45. The van der Waals surface area contributed by atoms with E-state index in [9.17, 15) is 9.59 Å². The van der Waals surface area contributed by atoms with Crippen LogP contribution in [0, 0.1) is 5.92 Å². The van der Waals surface area contributed by atoms with Gasteiger partial charge in [-0.15, -0.1) is 0 Å². The fourth-order valence-corrected chi connectivity index (χ4v) is 4.48. The first kappa shape index (κ1) is 16.8. The molecule has 0 radical (unpaired) electrons. The van der Waals surface area contributed by atoms with E-state index in [1.165, 1.54) is 23.7 Å². The third-order valence-electron chi connectivity index (χ3n) is 5.08. The molecule has 0 bridgehead atoms. The second-order valence-electron chi connectivity index (χ2n) is 6.79. The van der Waals surface area contributed by atoms with Gasteiger partial charge in [0.05, 0.1) is 0 Å². The van der Waals surface area contributed by atoms with E-state index >= 15 is 0 Å². The molecule has 1 aromatic carbocycles. The van der Waals surface area contributed by atoms with Gasteiger partial charge in [0.1, 0.15) is 0 Å². The number of carbonyl (C=O) groups is 2. The highest BCUT2D eigenvalue weighted by molar-refractivity contribution is 8.13. The van der Waals surface area contributed by atoms with Crippen molar-refractivity contribution < 1.29 is 9.59 Å². The van der Waals surface area contributed by atoms with Crippen LogP contribution in [0.4, 0.5) is 0 Å². The Bertz CT molecular complexity index is 598. The summed E-state index contributed by atoms with van der Waals surface area (Å²) in [6.07, 6.45) is 4.06. The van der Waals surface area contributed by atoms with Gasteiger partial charge < -0.3 is 4.90 Å². The summed E-state index contributed by atoms with van der Waals surface area (Å²) in [4.78, 5) is 25.5. The summed E-state index contributed by atoms with van der Waals surface area (Å²) in [7, 11) is 0. The average molecular weight is 352 g/mol. The van der Waals surface area contributed by atoms with Crippen LogP contribution >= 0.6 is 23.4 Å². The lowest BCUT2D eigenvalue weighted by Crippen LogP contribution is -2.46. The van der Waals surface area contributed by atoms with Crippen molar-refractivity contribution in [2.45, 2.75) is 38.0 Å². The third kappa shape index (κ3) is 3.74. The third-order valence-corrected chi connectivity index (χ3v) is 6.37. The van der Waals surface area contributed by atoms with E-state index < -0.39 is 0 Å². The van der Waals surface area contributed by atoms with Crippen LogP contribution in [0.15, 0.2) is 24.3 Å². The van der Waals surface area contributed by atoms with Crippen LogP contribution in [-0.4, -0.2) is 34.8 Å². The monoisotopic (exact) mass is 351 g/mol. The number of nitrogens with zero attached hydrogens (tertiary/aromatic N) is 1. The fourth-order valence-electron chi connectivity index (χ4n) is 3.66. The molecule has 2 fully saturated rings. The van der Waals surface area contributed by atoms with E-state index in [4.69, 9.17) is 11.6 Å². The zero-order chi connectivity index (χ0) is 16.4. The lowest BCUT2D eigenvalue weighted by Gasteiger charge is -2.45. The summed E-state index contributed by atoms with van der Waals surface area (Å²) in [5, 5.41) is 0.884. The number of halogens is 1.